The van der Waals surface area contributed by atoms with Gasteiger partial charge in [-0.25, -0.2) is 0 Å². The maximum absolute atomic E-state index is 4.85. The second-order valence-corrected chi connectivity index (χ2v) is 10.2. The number of para-hydroxylation sites is 2. The molecular formula is C31H30N8. The summed E-state index contributed by atoms with van der Waals surface area (Å²) >= 11 is 0. The first-order valence-corrected chi connectivity index (χ1v) is 13.5. The zero-order valence-electron chi connectivity index (χ0n) is 21.7. The number of tetrazole rings is 1. The number of benzene rings is 3. The van der Waals surface area contributed by atoms with E-state index >= 15 is 0 Å². The van der Waals surface area contributed by atoms with Gasteiger partial charge in [0.15, 0.2) is 0 Å². The normalized spacial score (nSPS) is 15.7. The summed E-state index contributed by atoms with van der Waals surface area (Å²) < 4.78 is 0. The molecule has 2 aromatic heterocycles. The summed E-state index contributed by atoms with van der Waals surface area (Å²) in [5, 5.41) is 18.0. The lowest BCUT2D eigenvalue weighted by molar-refractivity contribution is 0.202. The zero-order valence-corrected chi connectivity index (χ0v) is 21.7. The quantitative estimate of drug-likeness (QED) is 0.312. The minimum absolute atomic E-state index is 0.538. The summed E-state index contributed by atoms with van der Waals surface area (Å²) in [6.45, 7) is 4.11. The first-order chi connectivity index (χ1) is 19.3. The molecule has 1 saturated heterocycles. The van der Waals surface area contributed by atoms with Crippen LogP contribution in [0.25, 0.3) is 33.8 Å². The fourth-order valence-corrected chi connectivity index (χ4v) is 5.81. The van der Waals surface area contributed by atoms with Crippen molar-refractivity contribution in [2.45, 2.75) is 25.4 Å². The third kappa shape index (κ3) is 4.75. The highest BCUT2D eigenvalue weighted by Gasteiger charge is 2.29. The molecule has 194 valence electrons. The number of pyridine rings is 1. The molecule has 0 atom stereocenters. The highest BCUT2D eigenvalue weighted by Crippen LogP contribution is 2.35. The number of hydrogen-bond donors (Lipinski definition) is 2. The van der Waals surface area contributed by atoms with E-state index in [2.05, 4.69) is 102 Å². The molecule has 1 fully saturated rings. The van der Waals surface area contributed by atoms with E-state index < -0.39 is 0 Å². The summed E-state index contributed by atoms with van der Waals surface area (Å²) in [6, 6.07) is 30.5. The van der Waals surface area contributed by atoms with Crippen LogP contribution in [-0.4, -0.2) is 56.3 Å². The zero-order chi connectivity index (χ0) is 26.0. The summed E-state index contributed by atoms with van der Waals surface area (Å²) in [4.78, 5) is 9.97. The van der Waals surface area contributed by atoms with Crippen LogP contribution < -0.4 is 10.2 Å². The lowest BCUT2D eigenvalue weighted by Gasteiger charge is -2.37. The Hall–Kier alpha value is -4.56. The summed E-state index contributed by atoms with van der Waals surface area (Å²) in [7, 11) is 0. The van der Waals surface area contributed by atoms with Crippen LogP contribution in [0.1, 0.15) is 18.4 Å². The van der Waals surface area contributed by atoms with Crippen LogP contribution in [-0.2, 0) is 6.54 Å². The maximum atomic E-state index is 4.85. The van der Waals surface area contributed by atoms with Gasteiger partial charge in [0.25, 0.3) is 0 Å². The molecule has 0 aliphatic carbocycles. The Morgan fingerprint density at radius 3 is 2.41 bits per heavy atom. The van der Waals surface area contributed by atoms with E-state index in [-0.39, 0.29) is 0 Å². The van der Waals surface area contributed by atoms with E-state index in [0.29, 0.717) is 11.9 Å². The molecule has 0 radical (unpaired) electrons. The number of aromatic nitrogens is 5. The molecule has 5 aromatic rings. The minimum atomic E-state index is 0.538. The number of anilines is 2. The van der Waals surface area contributed by atoms with Gasteiger partial charge in [-0.2, -0.15) is 5.21 Å². The summed E-state index contributed by atoms with van der Waals surface area (Å²) in [5.74, 6) is 0.538. The number of rotatable bonds is 6. The maximum Gasteiger partial charge on any atom is 0.206 e. The van der Waals surface area contributed by atoms with E-state index in [1.807, 2.05) is 24.4 Å². The molecule has 0 amide bonds. The van der Waals surface area contributed by atoms with Crippen molar-refractivity contribution in [2.24, 2.45) is 0 Å². The lowest BCUT2D eigenvalue weighted by Crippen LogP contribution is -2.44. The van der Waals surface area contributed by atoms with Gasteiger partial charge in [-0.05, 0) is 47.4 Å². The fourth-order valence-electron chi connectivity index (χ4n) is 5.81. The molecular weight excluding hydrogens is 484 g/mol. The summed E-state index contributed by atoms with van der Waals surface area (Å²) in [5.41, 5.74) is 8.96. The third-order valence-electron chi connectivity index (χ3n) is 7.86. The van der Waals surface area contributed by atoms with Gasteiger partial charge >= 0.3 is 0 Å². The smallest absolute Gasteiger partial charge is 0.206 e. The van der Waals surface area contributed by atoms with Gasteiger partial charge in [0, 0.05) is 48.6 Å². The van der Waals surface area contributed by atoms with Gasteiger partial charge in [-0.15, -0.1) is 10.2 Å². The average Bonchev–Trinajstić information content (AvgIpc) is 3.69. The van der Waals surface area contributed by atoms with E-state index in [0.717, 1.165) is 54.3 Å². The van der Waals surface area contributed by atoms with Crippen molar-refractivity contribution in [1.29, 1.82) is 0 Å². The van der Waals surface area contributed by atoms with E-state index in [9.17, 15) is 0 Å². The number of nitrogens with one attached hydrogen (secondary N) is 2. The lowest BCUT2D eigenvalue weighted by atomic mass is 9.97. The van der Waals surface area contributed by atoms with Gasteiger partial charge < -0.3 is 10.2 Å². The number of likely N-dealkylation sites (tertiary alicyclic amines) is 1. The predicted molar refractivity (Wildman–Crippen MR) is 154 cm³/mol. The van der Waals surface area contributed by atoms with Crippen molar-refractivity contribution >= 4 is 11.4 Å². The predicted octanol–water partition coefficient (Wildman–Crippen LogP) is 5.45. The van der Waals surface area contributed by atoms with Crippen LogP contribution in [0, 0.1) is 0 Å². The largest absolute Gasteiger partial charge is 0.366 e. The molecule has 2 aliphatic rings. The molecule has 2 N–H and O–H groups in total. The number of aromatic amines is 1. The highest BCUT2D eigenvalue weighted by atomic mass is 15.5. The van der Waals surface area contributed by atoms with Crippen LogP contribution in [0.15, 0.2) is 91.1 Å². The molecule has 0 spiro atoms. The van der Waals surface area contributed by atoms with E-state index in [4.69, 9.17) is 4.98 Å². The topological polar surface area (TPSA) is 85.9 Å². The first kappa shape index (κ1) is 23.5. The second-order valence-electron chi connectivity index (χ2n) is 10.2. The Morgan fingerprint density at radius 1 is 0.821 bits per heavy atom. The minimum Gasteiger partial charge on any atom is -0.366 e. The van der Waals surface area contributed by atoms with Crippen molar-refractivity contribution in [3.8, 4) is 33.8 Å². The Labute approximate surface area is 227 Å². The first-order valence-electron chi connectivity index (χ1n) is 13.5. The van der Waals surface area contributed by atoms with Crippen LogP contribution in [0.4, 0.5) is 11.4 Å². The molecule has 0 bridgehead atoms. The van der Waals surface area contributed by atoms with Crippen molar-refractivity contribution in [3.05, 3.63) is 96.7 Å². The van der Waals surface area contributed by atoms with Crippen LogP contribution in [0.2, 0.25) is 0 Å². The highest BCUT2D eigenvalue weighted by molar-refractivity contribution is 5.83. The van der Waals surface area contributed by atoms with Crippen LogP contribution in [0.3, 0.4) is 0 Å². The molecule has 0 unspecified atom stereocenters. The number of hydrogen-bond acceptors (Lipinski definition) is 7. The van der Waals surface area contributed by atoms with Gasteiger partial charge in [0.2, 0.25) is 5.82 Å². The van der Waals surface area contributed by atoms with Crippen molar-refractivity contribution in [3.63, 3.8) is 0 Å². The van der Waals surface area contributed by atoms with Gasteiger partial charge in [0.1, 0.15) is 0 Å². The molecule has 2 aliphatic heterocycles. The molecule has 39 heavy (non-hydrogen) atoms. The fraction of sp³-hybridized carbons (Fsp3) is 0.226. The average molecular weight is 515 g/mol. The molecule has 7 rings (SSSR count). The monoisotopic (exact) mass is 514 g/mol. The van der Waals surface area contributed by atoms with Crippen molar-refractivity contribution in [2.75, 3.05) is 30.0 Å². The molecule has 0 saturated carbocycles. The number of fused-ring (bicyclic) bond motifs is 1. The number of piperidine rings is 1. The van der Waals surface area contributed by atoms with Gasteiger partial charge in [-0.1, -0.05) is 66.7 Å². The Kier molecular flexibility index (Phi) is 6.22. The Bertz CT molecular complexity index is 1540. The van der Waals surface area contributed by atoms with Crippen LogP contribution in [0.5, 0.6) is 0 Å². The van der Waals surface area contributed by atoms with Crippen molar-refractivity contribution < 1.29 is 0 Å². The third-order valence-corrected chi connectivity index (χ3v) is 7.86. The molecule has 8 nitrogen and oxygen atoms in total. The molecule has 8 heteroatoms. The summed E-state index contributed by atoms with van der Waals surface area (Å²) in [6.07, 6.45) is 4.19. The van der Waals surface area contributed by atoms with E-state index in [1.165, 1.54) is 29.8 Å². The van der Waals surface area contributed by atoms with Crippen LogP contribution >= 0.6 is 0 Å². The van der Waals surface area contributed by atoms with E-state index in [1.54, 1.807) is 0 Å². The second kappa shape index (κ2) is 10.3. The standard InChI is InChI=1S/C31H30N8/c1-2-6-23(7-3-1)27-18-25(31-34-36-37-35-31)19-32-30(27)24-12-10-22(11-13-24)20-38-16-14-26(15-17-38)39-21-33-28-8-4-5-9-29(28)39/h1-13,18-19,26,33H,14-17,20-21H2,(H,34,35,36,37). The Morgan fingerprint density at radius 2 is 1.62 bits per heavy atom. The SMILES string of the molecule is c1ccc(-c2cc(-c3nn[nH]n3)cnc2-c2ccc(CN3CCC(N4CNc5ccccc54)CC3)cc2)cc1. The van der Waals surface area contributed by atoms with Gasteiger partial charge in [-0.3, -0.25) is 9.88 Å². The van der Waals surface area contributed by atoms with Gasteiger partial charge in [0.05, 0.1) is 23.7 Å². The molecule has 4 heterocycles. The van der Waals surface area contributed by atoms with Crippen molar-refractivity contribution in [1.82, 2.24) is 30.5 Å². The number of nitrogens with zero attached hydrogens (tertiary/aromatic N) is 6. The number of H-pyrrole nitrogens is 1. The molecule has 3 aromatic carbocycles. The Balaban J connectivity index is 1.05.